The van der Waals surface area contributed by atoms with Crippen LogP contribution < -0.4 is 10.9 Å². The van der Waals surface area contributed by atoms with Crippen molar-refractivity contribution in [2.45, 2.75) is 0 Å². The minimum Gasteiger partial charge on any atom is -0.328 e. The Morgan fingerprint density at radius 2 is 2.04 bits per heavy atom. The number of aromatic amines is 1. The number of aromatic nitrogens is 2. The van der Waals surface area contributed by atoms with Gasteiger partial charge in [-0.3, -0.25) is 14.9 Å². The van der Waals surface area contributed by atoms with Crippen molar-refractivity contribution in [3.8, 4) is 11.3 Å². The molecule has 2 aromatic heterocycles. The number of carbonyl (C=O) groups is 1. The summed E-state index contributed by atoms with van der Waals surface area (Å²) in [6.45, 7) is 0. The summed E-state index contributed by atoms with van der Waals surface area (Å²) in [7, 11) is 0. The Hall–Kier alpha value is -2.87. The lowest BCUT2D eigenvalue weighted by atomic mass is 10.2. The van der Waals surface area contributed by atoms with E-state index < -0.39 is 23.1 Å². The van der Waals surface area contributed by atoms with Crippen LogP contribution in [-0.4, -0.2) is 15.9 Å². The van der Waals surface area contributed by atoms with Gasteiger partial charge in [-0.25, -0.2) is 13.8 Å². The van der Waals surface area contributed by atoms with Crippen LogP contribution in [0.2, 0.25) is 0 Å². The lowest BCUT2D eigenvalue weighted by molar-refractivity contribution is 0.102. The van der Waals surface area contributed by atoms with Gasteiger partial charge in [0.05, 0.1) is 5.69 Å². The number of pyridine rings is 1. The number of carbonyl (C=O) groups excluding carboxylic acids is 1. The summed E-state index contributed by atoms with van der Waals surface area (Å²) in [4.78, 5) is 30.1. The summed E-state index contributed by atoms with van der Waals surface area (Å²) >= 11 is 1.11. The number of hydrogen-bond acceptors (Lipinski definition) is 4. The molecule has 0 aliphatic carbocycles. The normalized spacial score (nSPS) is 10.5. The van der Waals surface area contributed by atoms with E-state index in [-0.39, 0.29) is 10.7 Å². The summed E-state index contributed by atoms with van der Waals surface area (Å²) in [6.07, 6.45) is 1.42. The summed E-state index contributed by atoms with van der Waals surface area (Å²) < 4.78 is 26.2. The van der Waals surface area contributed by atoms with Crippen LogP contribution in [0.5, 0.6) is 0 Å². The van der Waals surface area contributed by atoms with E-state index in [1.807, 2.05) is 0 Å². The first-order valence-corrected chi connectivity index (χ1v) is 7.32. The molecule has 23 heavy (non-hydrogen) atoms. The van der Waals surface area contributed by atoms with Gasteiger partial charge in [-0.15, -0.1) is 11.3 Å². The standard InChI is InChI=1S/C15H9F2N3O2S/c16-10-4-3-8(6-11(10)17)12-7-23-15(19-12)20-14(22)9-2-1-5-18-13(9)21/h1-7H,(H,18,21)(H,19,20,22). The molecular formula is C15H9F2N3O2S. The van der Waals surface area contributed by atoms with Gasteiger partial charge >= 0.3 is 0 Å². The van der Waals surface area contributed by atoms with Gasteiger partial charge in [0.25, 0.3) is 11.5 Å². The average molecular weight is 333 g/mol. The first-order valence-electron chi connectivity index (χ1n) is 6.44. The number of thiazole rings is 1. The van der Waals surface area contributed by atoms with E-state index in [0.717, 1.165) is 23.5 Å². The molecule has 3 rings (SSSR count). The van der Waals surface area contributed by atoms with Crippen LogP contribution in [0.3, 0.4) is 0 Å². The Kier molecular flexibility index (Phi) is 3.98. The summed E-state index contributed by atoms with van der Waals surface area (Å²) in [5.74, 6) is -2.52. The SMILES string of the molecule is O=C(Nc1nc(-c2ccc(F)c(F)c2)cs1)c1ccc[nH]c1=O. The molecule has 0 atom stereocenters. The maximum Gasteiger partial charge on any atom is 0.263 e. The van der Waals surface area contributed by atoms with Crippen molar-refractivity contribution in [1.29, 1.82) is 0 Å². The van der Waals surface area contributed by atoms with E-state index in [9.17, 15) is 18.4 Å². The number of halogens is 2. The van der Waals surface area contributed by atoms with Crippen molar-refractivity contribution in [2.24, 2.45) is 0 Å². The van der Waals surface area contributed by atoms with Gasteiger partial charge in [-0.05, 0) is 30.3 Å². The van der Waals surface area contributed by atoms with Crippen LogP contribution in [0.1, 0.15) is 10.4 Å². The first kappa shape index (κ1) is 15.0. The third kappa shape index (κ3) is 3.16. The third-order valence-corrected chi connectivity index (χ3v) is 3.76. The van der Waals surface area contributed by atoms with Crippen molar-refractivity contribution in [1.82, 2.24) is 9.97 Å². The zero-order chi connectivity index (χ0) is 16.4. The molecule has 5 nitrogen and oxygen atoms in total. The second-order valence-corrected chi connectivity index (χ2v) is 5.39. The third-order valence-electron chi connectivity index (χ3n) is 3.00. The highest BCUT2D eigenvalue weighted by Crippen LogP contribution is 2.26. The van der Waals surface area contributed by atoms with Crippen LogP contribution in [-0.2, 0) is 0 Å². The fourth-order valence-electron chi connectivity index (χ4n) is 1.88. The first-order chi connectivity index (χ1) is 11.0. The van der Waals surface area contributed by atoms with E-state index in [1.54, 1.807) is 5.38 Å². The monoisotopic (exact) mass is 333 g/mol. The number of nitrogens with zero attached hydrogens (tertiary/aromatic N) is 1. The topological polar surface area (TPSA) is 74.8 Å². The van der Waals surface area contributed by atoms with E-state index >= 15 is 0 Å². The van der Waals surface area contributed by atoms with Crippen LogP contribution in [0.25, 0.3) is 11.3 Å². The molecule has 0 unspecified atom stereocenters. The van der Waals surface area contributed by atoms with Crippen LogP contribution in [0.15, 0.2) is 46.7 Å². The Morgan fingerprint density at radius 1 is 1.22 bits per heavy atom. The Balaban J connectivity index is 1.82. The van der Waals surface area contributed by atoms with Gasteiger partial charge in [-0.2, -0.15) is 0 Å². The van der Waals surface area contributed by atoms with Crippen molar-refractivity contribution in [3.63, 3.8) is 0 Å². The second-order valence-electron chi connectivity index (χ2n) is 4.53. The molecule has 0 saturated carbocycles. The van der Waals surface area contributed by atoms with Gasteiger partial charge in [0, 0.05) is 17.1 Å². The Labute approximate surface area is 132 Å². The molecular weight excluding hydrogens is 324 g/mol. The fourth-order valence-corrected chi connectivity index (χ4v) is 2.60. The molecule has 0 spiro atoms. The van der Waals surface area contributed by atoms with E-state index in [4.69, 9.17) is 0 Å². The van der Waals surface area contributed by atoms with Gasteiger partial charge in [0.2, 0.25) is 0 Å². The lowest BCUT2D eigenvalue weighted by Crippen LogP contribution is -2.22. The molecule has 2 heterocycles. The fraction of sp³-hybridized carbons (Fsp3) is 0. The smallest absolute Gasteiger partial charge is 0.263 e. The maximum atomic E-state index is 13.2. The maximum absolute atomic E-state index is 13.2. The van der Waals surface area contributed by atoms with E-state index in [0.29, 0.717) is 11.3 Å². The highest BCUT2D eigenvalue weighted by molar-refractivity contribution is 7.14. The Bertz CT molecular complexity index is 936. The molecule has 8 heteroatoms. The van der Waals surface area contributed by atoms with Gasteiger partial charge < -0.3 is 4.98 Å². The summed E-state index contributed by atoms with van der Waals surface area (Å²) in [6, 6.07) is 6.34. The predicted octanol–water partition coefficient (Wildman–Crippen LogP) is 3.03. The number of amides is 1. The van der Waals surface area contributed by atoms with E-state index in [1.165, 1.54) is 24.4 Å². The average Bonchev–Trinajstić information content (AvgIpc) is 2.99. The van der Waals surface area contributed by atoms with Gasteiger partial charge in [-0.1, -0.05) is 0 Å². The molecule has 116 valence electrons. The molecule has 0 bridgehead atoms. The van der Waals surface area contributed by atoms with Crippen LogP contribution in [0.4, 0.5) is 13.9 Å². The Morgan fingerprint density at radius 3 is 2.78 bits per heavy atom. The van der Waals surface area contributed by atoms with E-state index in [2.05, 4.69) is 15.3 Å². The molecule has 0 fully saturated rings. The van der Waals surface area contributed by atoms with Crippen molar-refractivity contribution in [2.75, 3.05) is 5.32 Å². The zero-order valence-corrected chi connectivity index (χ0v) is 12.3. The molecule has 0 aliphatic rings. The number of anilines is 1. The summed E-state index contributed by atoms with van der Waals surface area (Å²) in [5, 5.41) is 4.34. The highest BCUT2D eigenvalue weighted by atomic mass is 32.1. The molecule has 0 saturated heterocycles. The highest BCUT2D eigenvalue weighted by Gasteiger charge is 2.13. The molecule has 2 N–H and O–H groups in total. The van der Waals surface area contributed by atoms with Crippen molar-refractivity contribution in [3.05, 3.63) is 69.5 Å². The molecule has 3 aromatic rings. The molecule has 1 aromatic carbocycles. The summed E-state index contributed by atoms with van der Waals surface area (Å²) in [5.41, 5.74) is 0.226. The predicted molar refractivity (Wildman–Crippen MR) is 82.5 cm³/mol. The number of rotatable bonds is 3. The van der Waals surface area contributed by atoms with Crippen molar-refractivity contribution < 1.29 is 13.6 Å². The minimum absolute atomic E-state index is 0.0444. The van der Waals surface area contributed by atoms with Crippen LogP contribution >= 0.6 is 11.3 Å². The van der Waals surface area contributed by atoms with Crippen molar-refractivity contribution >= 4 is 22.4 Å². The van der Waals surface area contributed by atoms with Crippen LogP contribution in [0, 0.1) is 11.6 Å². The second kappa shape index (κ2) is 6.09. The minimum atomic E-state index is -0.975. The quantitative estimate of drug-likeness (QED) is 0.774. The zero-order valence-electron chi connectivity index (χ0n) is 11.5. The molecule has 0 radical (unpaired) electrons. The van der Waals surface area contributed by atoms with Gasteiger partial charge in [0.1, 0.15) is 5.56 Å². The largest absolute Gasteiger partial charge is 0.328 e. The molecule has 0 aliphatic heterocycles. The molecule has 1 amide bonds. The number of nitrogens with one attached hydrogen (secondary N) is 2. The number of hydrogen-bond donors (Lipinski definition) is 2. The van der Waals surface area contributed by atoms with Gasteiger partial charge in [0.15, 0.2) is 16.8 Å². The number of benzene rings is 1. The number of H-pyrrole nitrogens is 1. The lowest BCUT2D eigenvalue weighted by Gasteiger charge is -2.00.